The van der Waals surface area contributed by atoms with Crippen molar-refractivity contribution in [2.45, 2.75) is 296 Å². The van der Waals surface area contributed by atoms with Crippen molar-refractivity contribution in [2.24, 2.45) is 0 Å². The zero-order chi connectivity index (χ0) is 57.6. The quantitative estimate of drug-likeness (QED) is 0.0195. The van der Waals surface area contributed by atoms with E-state index < -0.39 is 24.3 Å². The molecule has 9 heteroatoms. The lowest BCUT2D eigenvalue weighted by Gasteiger charge is -2.26. The summed E-state index contributed by atoms with van der Waals surface area (Å²) in [5, 5.41) is 11.8. The molecule has 2 atom stereocenters. The molecule has 0 radical (unpaired) electrons. The van der Waals surface area contributed by atoms with Gasteiger partial charge in [-0.25, -0.2) is 0 Å². The van der Waals surface area contributed by atoms with Crippen LogP contribution in [0.15, 0.2) is 85.1 Å². The second kappa shape index (κ2) is 60.6. The molecule has 0 aliphatic heterocycles. The zero-order valence-corrected chi connectivity index (χ0v) is 52.0. The number of carbonyl (C=O) groups excluding carboxylic acids is 3. The average Bonchev–Trinajstić information content (AvgIpc) is 3.42. The number of carboxylic acid groups (broad SMARTS) is 1. The Balaban J connectivity index is 4.19. The number of rotatable bonds is 60. The molecule has 0 aliphatic carbocycles. The molecular formula is C70H123NO8. The number of carbonyl (C=O) groups is 3. The summed E-state index contributed by atoms with van der Waals surface area (Å²) < 4.78 is 22.7. The molecule has 0 N–H and O–H groups in total. The van der Waals surface area contributed by atoms with Crippen LogP contribution in [0.25, 0.3) is 0 Å². The van der Waals surface area contributed by atoms with Crippen LogP contribution in [0.1, 0.15) is 284 Å². The number of quaternary nitrogens is 1. The Hall–Kier alpha value is -3.53. The minimum Gasteiger partial charge on any atom is -0.545 e. The van der Waals surface area contributed by atoms with Crippen molar-refractivity contribution in [3.8, 4) is 0 Å². The van der Waals surface area contributed by atoms with Crippen LogP contribution in [-0.4, -0.2) is 82.3 Å². The summed E-state index contributed by atoms with van der Waals surface area (Å²) in [4.78, 5) is 37.4. The first kappa shape index (κ1) is 75.5. The highest BCUT2D eigenvalue weighted by atomic mass is 16.7. The Bertz CT molecular complexity index is 1570. The van der Waals surface area contributed by atoms with Crippen LogP contribution in [0, 0.1) is 0 Å². The van der Waals surface area contributed by atoms with E-state index in [-0.39, 0.29) is 38.6 Å². The maximum Gasteiger partial charge on any atom is 0.306 e. The first-order valence-corrected chi connectivity index (χ1v) is 32.7. The van der Waals surface area contributed by atoms with Crippen LogP contribution >= 0.6 is 0 Å². The van der Waals surface area contributed by atoms with E-state index >= 15 is 0 Å². The van der Waals surface area contributed by atoms with E-state index in [4.69, 9.17) is 18.9 Å². The van der Waals surface area contributed by atoms with Gasteiger partial charge in [-0.3, -0.25) is 9.59 Å². The Labute approximate surface area is 487 Å². The van der Waals surface area contributed by atoms with Crippen LogP contribution in [-0.2, 0) is 33.3 Å². The summed E-state index contributed by atoms with van der Waals surface area (Å²) in [5.41, 5.74) is 0. The number of hydrogen-bond donors (Lipinski definition) is 0. The van der Waals surface area contributed by atoms with Gasteiger partial charge in [0.1, 0.15) is 13.2 Å². The summed E-state index contributed by atoms with van der Waals surface area (Å²) in [6.07, 6.45) is 78.2. The number of nitrogens with zero attached hydrogens (tertiary/aromatic N) is 1. The predicted molar refractivity (Wildman–Crippen MR) is 334 cm³/mol. The predicted octanol–water partition coefficient (Wildman–Crippen LogP) is 18.6. The molecule has 0 fully saturated rings. The van der Waals surface area contributed by atoms with Crippen LogP contribution in [0.2, 0.25) is 0 Å². The van der Waals surface area contributed by atoms with E-state index in [1.54, 1.807) is 0 Å². The first-order valence-electron chi connectivity index (χ1n) is 32.7. The standard InChI is InChI=1S/C70H123NO8/c1-6-8-10-12-14-16-18-20-22-24-26-28-30-31-32-33-34-35-36-37-39-40-42-44-46-48-50-52-54-56-58-60-67(72)77-64-66(65-78-70(69(74)75)76-63-62-71(3,4)5)79-68(73)61-59-57-55-53-51-49-47-45-43-41-38-29-27-25-23-21-19-17-15-13-11-9-7-2/h9,11,15,17,21,23,27,29,41,43,47,49,53,55,66,70H,6-8,10,12-14,16,18-20,22,24-26,28,30-40,42,44-46,48,50-52,54,56-65H2,1-5H3/b11-9-,17-15-,23-21-,29-27-,43-41-,49-47-,55-53-. The smallest absolute Gasteiger partial charge is 0.306 e. The Morgan fingerprint density at radius 2 is 0.722 bits per heavy atom. The molecule has 0 aromatic heterocycles. The van der Waals surface area contributed by atoms with Gasteiger partial charge >= 0.3 is 11.9 Å². The second-order valence-electron chi connectivity index (χ2n) is 23.0. The number of esters is 2. The summed E-state index contributed by atoms with van der Waals surface area (Å²) in [5.74, 6) is -2.36. The number of hydrogen-bond acceptors (Lipinski definition) is 8. The fourth-order valence-corrected chi connectivity index (χ4v) is 9.18. The van der Waals surface area contributed by atoms with E-state index in [1.807, 2.05) is 21.1 Å². The minimum atomic E-state index is -1.64. The number of ether oxygens (including phenoxy) is 4. The van der Waals surface area contributed by atoms with Crippen molar-refractivity contribution >= 4 is 17.9 Å². The minimum absolute atomic E-state index is 0.134. The van der Waals surface area contributed by atoms with Crippen molar-refractivity contribution in [2.75, 3.05) is 47.5 Å². The summed E-state index contributed by atoms with van der Waals surface area (Å²) >= 11 is 0. The van der Waals surface area contributed by atoms with Gasteiger partial charge in [-0.2, -0.15) is 0 Å². The lowest BCUT2D eigenvalue weighted by Crippen LogP contribution is -2.44. The lowest BCUT2D eigenvalue weighted by atomic mass is 10.0. The van der Waals surface area contributed by atoms with Gasteiger partial charge in [0, 0.05) is 12.8 Å². The highest BCUT2D eigenvalue weighted by molar-refractivity contribution is 5.70. The first-order chi connectivity index (χ1) is 38.6. The number of unbranched alkanes of at least 4 members (excludes halogenated alkanes) is 31. The van der Waals surface area contributed by atoms with E-state index in [1.165, 1.54) is 180 Å². The van der Waals surface area contributed by atoms with Crippen molar-refractivity contribution in [3.63, 3.8) is 0 Å². The fourth-order valence-electron chi connectivity index (χ4n) is 9.18. The van der Waals surface area contributed by atoms with Crippen molar-refractivity contribution < 1.29 is 42.9 Å². The number of aliphatic carboxylic acids is 1. The van der Waals surface area contributed by atoms with Crippen LogP contribution < -0.4 is 5.11 Å². The highest BCUT2D eigenvalue weighted by Gasteiger charge is 2.22. The maximum atomic E-state index is 12.9. The molecule has 0 aliphatic rings. The molecule has 0 saturated heterocycles. The van der Waals surface area contributed by atoms with Gasteiger partial charge in [0.2, 0.25) is 0 Å². The molecule has 79 heavy (non-hydrogen) atoms. The topological polar surface area (TPSA) is 111 Å². The molecule has 0 bridgehead atoms. The molecule has 0 aromatic rings. The molecule has 0 saturated carbocycles. The third kappa shape index (κ3) is 61.9. The molecule has 9 nitrogen and oxygen atoms in total. The van der Waals surface area contributed by atoms with Crippen LogP contribution in [0.3, 0.4) is 0 Å². The normalized spacial score (nSPS) is 13.3. The van der Waals surface area contributed by atoms with Crippen LogP contribution in [0.4, 0.5) is 0 Å². The third-order valence-corrected chi connectivity index (χ3v) is 14.2. The molecule has 456 valence electrons. The Morgan fingerprint density at radius 3 is 1.06 bits per heavy atom. The molecule has 2 unspecified atom stereocenters. The maximum absolute atomic E-state index is 12.9. The van der Waals surface area contributed by atoms with Gasteiger partial charge in [-0.1, -0.05) is 292 Å². The summed E-state index contributed by atoms with van der Waals surface area (Å²) in [7, 11) is 5.91. The average molecular weight is 1110 g/mol. The number of carboxylic acids is 1. The number of allylic oxidation sites excluding steroid dienone is 14. The molecule has 0 spiro atoms. The van der Waals surface area contributed by atoms with Gasteiger partial charge in [0.25, 0.3) is 0 Å². The van der Waals surface area contributed by atoms with Crippen molar-refractivity contribution in [3.05, 3.63) is 85.1 Å². The van der Waals surface area contributed by atoms with Gasteiger partial charge < -0.3 is 33.3 Å². The third-order valence-electron chi connectivity index (χ3n) is 14.2. The monoisotopic (exact) mass is 1110 g/mol. The van der Waals surface area contributed by atoms with Crippen molar-refractivity contribution in [1.29, 1.82) is 0 Å². The molecule has 0 heterocycles. The largest absolute Gasteiger partial charge is 0.545 e. The molecule has 0 amide bonds. The molecule has 0 rings (SSSR count). The van der Waals surface area contributed by atoms with E-state index in [2.05, 4.69) is 98.9 Å². The highest BCUT2D eigenvalue weighted by Crippen LogP contribution is 2.18. The molecule has 0 aromatic carbocycles. The second-order valence-corrected chi connectivity index (χ2v) is 23.0. The van der Waals surface area contributed by atoms with Gasteiger partial charge in [0.05, 0.1) is 40.3 Å². The van der Waals surface area contributed by atoms with Gasteiger partial charge in [-0.15, -0.1) is 0 Å². The number of likely N-dealkylation sites (N-methyl/N-ethyl adjacent to an activating group) is 1. The Morgan fingerprint density at radius 1 is 0.392 bits per heavy atom. The summed E-state index contributed by atoms with van der Waals surface area (Å²) in [6.45, 7) is 4.60. The van der Waals surface area contributed by atoms with Crippen LogP contribution in [0.5, 0.6) is 0 Å². The summed E-state index contributed by atoms with van der Waals surface area (Å²) in [6, 6.07) is 0. The van der Waals surface area contributed by atoms with E-state index in [0.717, 1.165) is 64.2 Å². The van der Waals surface area contributed by atoms with E-state index in [0.29, 0.717) is 23.9 Å². The van der Waals surface area contributed by atoms with Gasteiger partial charge in [-0.05, 0) is 64.2 Å². The lowest BCUT2D eigenvalue weighted by molar-refractivity contribution is -0.870. The van der Waals surface area contributed by atoms with Crippen molar-refractivity contribution in [1.82, 2.24) is 0 Å². The SMILES string of the molecule is CC/C=C\C/C=C\C/C=C\C/C=C\C/C=C\C/C=C\C/C=C\CCCC(=O)OC(COC(=O)CCCCCCCCCCCCCCCCCCCCCCCCCCCCCCCCC)COC(OCC[N+](C)(C)C)C(=O)[O-]. The fraction of sp³-hybridized carbons (Fsp3) is 0.757. The zero-order valence-electron chi connectivity index (χ0n) is 52.0. The Kier molecular flexibility index (Phi) is 57.9. The molecular weight excluding hydrogens is 983 g/mol. The van der Waals surface area contributed by atoms with E-state index in [9.17, 15) is 19.5 Å². The van der Waals surface area contributed by atoms with Gasteiger partial charge in [0.15, 0.2) is 12.4 Å².